The Bertz CT molecular complexity index is 417. The number of nitrogens with zero attached hydrogens (tertiary/aromatic N) is 3. The van der Waals surface area contributed by atoms with Crippen molar-refractivity contribution in [1.29, 1.82) is 0 Å². The first-order chi connectivity index (χ1) is 8.16. The standard InChI is InChI=1S/C10H15N5O2/c1-6-7(2)14-15-10(12-6)13-9(16)8-5-17-4-3-11-8/h8,11H,3-5H2,1-2H3,(H,12,13,15,16). The maximum atomic E-state index is 11.8. The van der Waals surface area contributed by atoms with Crippen molar-refractivity contribution in [2.24, 2.45) is 0 Å². The second kappa shape index (κ2) is 5.15. The first-order valence-corrected chi connectivity index (χ1v) is 5.47. The van der Waals surface area contributed by atoms with E-state index in [4.69, 9.17) is 4.74 Å². The maximum Gasteiger partial charge on any atom is 0.249 e. The molecule has 0 spiro atoms. The minimum atomic E-state index is -0.353. The maximum absolute atomic E-state index is 11.8. The molecular weight excluding hydrogens is 222 g/mol. The summed E-state index contributed by atoms with van der Waals surface area (Å²) in [6.45, 7) is 5.30. The monoisotopic (exact) mass is 237 g/mol. The lowest BCUT2D eigenvalue weighted by atomic mass is 10.2. The molecule has 17 heavy (non-hydrogen) atoms. The van der Waals surface area contributed by atoms with E-state index in [1.807, 2.05) is 13.8 Å². The Morgan fingerprint density at radius 3 is 2.88 bits per heavy atom. The van der Waals surface area contributed by atoms with Gasteiger partial charge in [-0.05, 0) is 13.8 Å². The molecule has 1 aromatic heterocycles. The highest BCUT2D eigenvalue weighted by Gasteiger charge is 2.21. The molecule has 1 saturated heterocycles. The minimum Gasteiger partial charge on any atom is -0.378 e. The Morgan fingerprint density at radius 1 is 1.41 bits per heavy atom. The fraction of sp³-hybridized carbons (Fsp3) is 0.600. The van der Waals surface area contributed by atoms with Crippen molar-refractivity contribution >= 4 is 11.9 Å². The largest absolute Gasteiger partial charge is 0.378 e. The van der Waals surface area contributed by atoms with E-state index >= 15 is 0 Å². The lowest BCUT2D eigenvalue weighted by Gasteiger charge is -2.22. The summed E-state index contributed by atoms with van der Waals surface area (Å²) >= 11 is 0. The van der Waals surface area contributed by atoms with Crippen LogP contribution >= 0.6 is 0 Å². The van der Waals surface area contributed by atoms with Gasteiger partial charge in [-0.2, -0.15) is 5.10 Å². The van der Waals surface area contributed by atoms with Crippen LogP contribution in [-0.2, 0) is 9.53 Å². The van der Waals surface area contributed by atoms with Gasteiger partial charge in [0.1, 0.15) is 6.04 Å². The van der Waals surface area contributed by atoms with E-state index in [9.17, 15) is 4.79 Å². The normalized spacial score (nSPS) is 20.0. The number of anilines is 1. The van der Waals surface area contributed by atoms with Crippen molar-refractivity contribution in [3.8, 4) is 0 Å². The molecule has 1 aromatic rings. The van der Waals surface area contributed by atoms with Crippen molar-refractivity contribution in [3.05, 3.63) is 11.4 Å². The zero-order chi connectivity index (χ0) is 12.3. The van der Waals surface area contributed by atoms with Crippen molar-refractivity contribution in [1.82, 2.24) is 20.5 Å². The Balaban J connectivity index is 1.99. The van der Waals surface area contributed by atoms with Gasteiger partial charge in [0.2, 0.25) is 11.9 Å². The predicted molar refractivity (Wildman–Crippen MR) is 60.5 cm³/mol. The molecule has 7 nitrogen and oxygen atoms in total. The number of ether oxygens (including phenoxy) is 1. The van der Waals surface area contributed by atoms with Crippen molar-refractivity contribution in [3.63, 3.8) is 0 Å². The predicted octanol–water partition coefficient (Wildman–Crippen LogP) is -0.585. The minimum absolute atomic E-state index is 0.199. The van der Waals surface area contributed by atoms with Crippen LogP contribution in [0.1, 0.15) is 11.4 Å². The number of morpholine rings is 1. The Hall–Kier alpha value is -1.60. The van der Waals surface area contributed by atoms with Crippen LogP contribution < -0.4 is 10.6 Å². The summed E-state index contributed by atoms with van der Waals surface area (Å²) in [6, 6.07) is -0.353. The zero-order valence-corrected chi connectivity index (χ0v) is 9.86. The lowest BCUT2D eigenvalue weighted by molar-refractivity contribution is -0.120. The molecule has 0 saturated carbocycles. The number of aryl methyl sites for hydroxylation is 2. The summed E-state index contributed by atoms with van der Waals surface area (Å²) in [4.78, 5) is 15.9. The second-order valence-corrected chi connectivity index (χ2v) is 3.88. The molecule has 1 aliphatic rings. The molecule has 92 valence electrons. The highest BCUT2D eigenvalue weighted by atomic mass is 16.5. The highest BCUT2D eigenvalue weighted by molar-refractivity contribution is 5.93. The molecule has 1 fully saturated rings. The Labute approximate surface area is 99.0 Å². The van der Waals surface area contributed by atoms with E-state index < -0.39 is 0 Å². The number of carbonyl (C=O) groups is 1. The van der Waals surface area contributed by atoms with Crippen LogP contribution in [0.15, 0.2) is 0 Å². The summed E-state index contributed by atoms with van der Waals surface area (Å²) < 4.78 is 5.20. The number of hydrogen-bond acceptors (Lipinski definition) is 6. The number of hydrogen-bond donors (Lipinski definition) is 2. The van der Waals surface area contributed by atoms with Crippen LogP contribution in [0.25, 0.3) is 0 Å². The third-order valence-corrected chi connectivity index (χ3v) is 2.57. The Kier molecular flexibility index (Phi) is 3.60. The molecule has 2 rings (SSSR count). The first-order valence-electron chi connectivity index (χ1n) is 5.47. The van der Waals surface area contributed by atoms with Gasteiger partial charge in [0.25, 0.3) is 0 Å². The number of amides is 1. The number of carbonyl (C=O) groups excluding carboxylic acids is 1. The molecule has 0 aliphatic carbocycles. The topological polar surface area (TPSA) is 89.0 Å². The smallest absolute Gasteiger partial charge is 0.249 e. The van der Waals surface area contributed by atoms with Gasteiger partial charge in [0.05, 0.1) is 24.6 Å². The van der Waals surface area contributed by atoms with Gasteiger partial charge in [0, 0.05) is 6.54 Å². The third kappa shape index (κ3) is 2.95. The average molecular weight is 237 g/mol. The van der Waals surface area contributed by atoms with Crippen LogP contribution in [-0.4, -0.2) is 46.9 Å². The number of aromatic nitrogens is 3. The van der Waals surface area contributed by atoms with Crippen LogP contribution in [0, 0.1) is 13.8 Å². The van der Waals surface area contributed by atoms with Crippen molar-refractivity contribution in [2.45, 2.75) is 19.9 Å². The summed E-state index contributed by atoms with van der Waals surface area (Å²) in [5.41, 5.74) is 1.50. The van der Waals surface area contributed by atoms with Crippen molar-refractivity contribution < 1.29 is 9.53 Å². The van der Waals surface area contributed by atoms with Gasteiger partial charge < -0.3 is 10.1 Å². The second-order valence-electron chi connectivity index (χ2n) is 3.88. The van der Waals surface area contributed by atoms with Gasteiger partial charge in [-0.25, -0.2) is 4.98 Å². The quantitative estimate of drug-likeness (QED) is 0.715. The van der Waals surface area contributed by atoms with E-state index in [1.54, 1.807) is 0 Å². The van der Waals surface area contributed by atoms with E-state index in [-0.39, 0.29) is 17.9 Å². The van der Waals surface area contributed by atoms with E-state index in [0.29, 0.717) is 19.8 Å². The highest BCUT2D eigenvalue weighted by Crippen LogP contribution is 2.03. The van der Waals surface area contributed by atoms with Gasteiger partial charge in [-0.1, -0.05) is 0 Å². The fourth-order valence-corrected chi connectivity index (χ4v) is 1.44. The number of rotatable bonds is 2. The molecule has 1 amide bonds. The van der Waals surface area contributed by atoms with E-state index in [1.165, 1.54) is 0 Å². The molecular formula is C10H15N5O2. The summed E-state index contributed by atoms with van der Waals surface area (Å²) in [7, 11) is 0. The molecule has 2 N–H and O–H groups in total. The van der Waals surface area contributed by atoms with Crippen LogP contribution in [0.4, 0.5) is 5.95 Å². The zero-order valence-electron chi connectivity index (χ0n) is 9.86. The molecule has 1 aliphatic heterocycles. The van der Waals surface area contributed by atoms with Gasteiger partial charge in [-0.3, -0.25) is 10.1 Å². The molecule has 7 heteroatoms. The molecule has 0 aromatic carbocycles. The Morgan fingerprint density at radius 2 is 2.24 bits per heavy atom. The first kappa shape index (κ1) is 11.9. The molecule has 1 atom stereocenters. The van der Waals surface area contributed by atoms with E-state index in [0.717, 1.165) is 11.4 Å². The average Bonchev–Trinajstić information content (AvgIpc) is 2.35. The van der Waals surface area contributed by atoms with Crippen LogP contribution in [0.5, 0.6) is 0 Å². The van der Waals surface area contributed by atoms with Gasteiger partial charge in [0.15, 0.2) is 0 Å². The fourth-order valence-electron chi connectivity index (χ4n) is 1.44. The summed E-state index contributed by atoms with van der Waals surface area (Å²) in [6.07, 6.45) is 0. The molecule has 0 radical (unpaired) electrons. The van der Waals surface area contributed by atoms with Crippen LogP contribution in [0.3, 0.4) is 0 Å². The summed E-state index contributed by atoms with van der Waals surface area (Å²) in [5, 5.41) is 13.4. The molecule has 1 unspecified atom stereocenters. The van der Waals surface area contributed by atoms with Gasteiger partial charge in [-0.15, -0.1) is 5.10 Å². The summed E-state index contributed by atoms with van der Waals surface area (Å²) in [5.74, 6) is 0.0280. The third-order valence-electron chi connectivity index (χ3n) is 2.57. The van der Waals surface area contributed by atoms with Crippen LogP contribution in [0.2, 0.25) is 0 Å². The SMILES string of the molecule is Cc1nnc(NC(=O)C2COCCN2)nc1C. The van der Waals surface area contributed by atoms with Gasteiger partial charge >= 0.3 is 0 Å². The molecule has 0 bridgehead atoms. The van der Waals surface area contributed by atoms with Crippen molar-refractivity contribution in [2.75, 3.05) is 25.1 Å². The lowest BCUT2D eigenvalue weighted by Crippen LogP contribution is -2.49. The van der Waals surface area contributed by atoms with E-state index in [2.05, 4.69) is 25.8 Å². The number of nitrogens with one attached hydrogen (secondary N) is 2. The molecule has 2 heterocycles.